The van der Waals surface area contributed by atoms with E-state index >= 15 is 0 Å². The van der Waals surface area contributed by atoms with Gasteiger partial charge in [0.2, 0.25) is 0 Å². The van der Waals surface area contributed by atoms with E-state index in [2.05, 4.69) is 37.4 Å². The monoisotopic (exact) mass is 255 g/mol. The lowest BCUT2D eigenvalue weighted by molar-refractivity contribution is 0.171. The van der Waals surface area contributed by atoms with Crippen LogP contribution >= 0.6 is 0 Å². The molecule has 0 bridgehead atoms. The lowest BCUT2D eigenvalue weighted by atomic mass is 10.1. The largest absolute Gasteiger partial charge is 0.388 e. The van der Waals surface area contributed by atoms with Crippen LogP contribution in [0.2, 0.25) is 0 Å². The van der Waals surface area contributed by atoms with Gasteiger partial charge in [0.05, 0.1) is 6.10 Å². The predicted molar refractivity (Wildman–Crippen MR) is 80.4 cm³/mol. The molecule has 0 amide bonds. The van der Waals surface area contributed by atoms with Gasteiger partial charge < -0.3 is 10.4 Å². The van der Waals surface area contributed by atoms with Gasteiger partial charge >= 0.3 is 0 Å². The van der Waals surface area contributed by atoms with E-state index in [0.717, 1.165) is 17.8 Å². The van der Waals surface area contributed by atoms with Crippen LogP contribution < -0.4 is 5.32 Å². The van der Waals surface area contributed by atoms with Crippen molar-refractivity contribution in [3.63, 3.8) is 0 Å². The second kappa shape index (κ2) is 6.39. The minimum atomic E-state index is -0.403. The molecule has 2 rings (SSSR count). The molecule has 0 aliphatic carbocycles. The van der Waals surface area contributed by atoms with Gasteiger partial charge in [-0.2, -0.15) is 0 Å². The van der Waals surface area contributed by atoms with E-state index in [-0.39, 0.29) is 0 Å². The molecule has 2 aromatic carbocycles. The Hall–Kier alpha value is -1.80. The first-order valence-electron chi connectivity index (χ1n) is 6.70. The highest BCUT2D eigenvalue weighted by atomic mass is 16.3. The minimum Gasteiger partial charge on any atom is -0.388 e. The molecule has 2 nitrogen and oxygen atoms in total. The molecule has 0 fully saturated rings. The molecule has 2 heteroatoms. The first kappa shape index (κ1) is 13.6. The molecule has 2 N–H and O–H groups in total. The molecule has 2 aromatic rings. The average Bonchev–Trinajstić information content (AvgIpc) is 2.38. The lowest BCUT2D eigenvalue weighted by Gasteiger charge is -2.13. The van der Waals surface area contributed by atoms with E-state index < -0.39 is 6.10 Å². The molecule has 0 aromatic heterocycles. The quantitative estimate of drug-likeness (QED) is 0.850. The SMILES string of the molecule is Cc1cc(C)cc(NCCC(O)c2ccccc2)c1. The molecule has 0 spiro atoms. The van der Waals surface area contributed by atoms with Crippen LogP contribution in [-0.2, 0) is 0 Å². The third-order valence-electron chi connectivity index (χ3n) is 3.15. The Balaban J connectivity index is 1.86. The van der Waals surface area contributed by atoms with Crippen molar-refractivity contribution in [2.75, 3.05) is 11.9 Å². The average molecular weight is 255 g/mol. The third kappa shape index (κ3) is 4.11. The first-order valence-corrected chi connectivity index (χ1v) is 6.70. The zero-order valence-electron chi connectivity index (χ0n) is 11.6. The number of benzene rings is 2. The van der Waals surface area contributed by atoms with Crippen LogP contribution in [0.4, 0.5) is 5.69 Å². The summed E-state index contributed by atoms with van der Waals surface area (Å²) in [6, 6.07) is 16.2. The van der Waals surface area contributed by atoms with E-state index in [0.29, 0.717) is 6.42 Å². The number of aryl methyl sites for hydroxylation is 2. The van der Waals surface area contributed by atoms with Crippen LogP contribution in [0, 0.1) is 13.8 Å². The molecule has 1 atom stereocenters. The van der Waals surface area contributed by atoms with Gasteiger partial charge in [-0.25, -0.2) is 0 Å². The number of rotatable bonds is 5. The minimum absolute atomic E-state index is 0.403. The van der Waals surface area contributed by atoms with Crippen molar-refractivity contribution >= 4 is 5.69 Å². The maximum absolute atomic E-state index is 10.1. The molecule has 19 heavy (non-hydrogen) atoms. The Morgan fingerprint density at radius 1 is 1.00 bits per heavy atom. The molecular weight excluding hydrogens is 234 g/mol. The van der Waals surface area contributed by atoms with Gasteiger partial charge in [-0.15, -0.1) is 0 Å². The van der Waals surface area contributed by atoms with Gasteiger partial charge in [0, 0.05) is 12.2 Å². The molecule has 0 heterocycles. The van der Waals surface area contributed by atoms with Gasteiger partial charge in [-0.3, -0.25) is 0 Å². The smallest absolute Gasteiger partial charge is 0.0806 e. The van der Waals surface area contributed by atoms with Gasteiger partial charge in [0.1, 0.15) is 0 Å². The van der Waals surface area contributed by atoms with Gasteiger partial charge in [-0.1, -0.05) is 36.4 Å². The van der Waals surface area contributed by atoms with Gasteiger partial charge in [0.15, 0.2) is 0 Å². The number of hydrogen-bond acceptors (Lipinski definition) is 2. The summed E-state index contributed by atoms with van der Waals surface area (Å²) in [4.78, 5) is 0. The van der Waals surface area contributed by atoms with E-state index in [1.165, 1.54) is 11.1 Å². The Morgan fingerprint density at radius 2 is 1.63 bits per heavy atom. The molecule has 0 radical (unpaired) electrons. The number of nitrogens with one attached hydrogen (secondary N) is 1. The molecule has 100 valence electrons. The molecule has 0 saturated heterocycles. The highest BCUT2D eigenvalue weighted by molar-refractivity contribution is 5.48. The Bertz CT molecular complexity index is 502. The summed E-state index contributed by atoms with van der Waals surface area (Å²) < 4.78 is 0. The van der Waals surface area contributed by atoms with Crippen LogP contribution in [0.25, 0.3) is 0 Å². The lowest BCUT2D eigenvalue weighted by Crippen LogP contribution is -2.07. The van der Waals surface area contributed by atoms with Gasteiger partial charge in [-0.05, 0) is 49.1 Å². The number of anilines is 1. The van der Waals surface area contributed by atoms with Crippen LogP contribution in [-0.4, -0.2) is 11.7 Å². The fraction of sp³-hybridized carbons (Fsp3) is 0.294. The van der Waals surface area contributed by atoms with Crippen molar-refractivity contribution in [3.8, 4) is 0 Å². The van der Waals surface area contributed by atoms with Crippen LogP contribution in [0.15, 0.2) is 48.5 Å². The fourth-order valence-electron chi connectivity index (χ4n) is 2.27. The third-order valence-corrected chi connectivity index (χ3v) is 3.15. The summed E-state index contributed by atoms with van der Waals surface area (Å²) in [6.07, 6.45) is 0.302. The van der Waals surface area contributed by atoms with Crippen LogP contribution in [0.5, 0.6) is 0 Å². The summed E-state index contributed by atoms with van der Waals surface area (Å²) in [5, 5.41) is 13.4. The first-order chi connectivity index (χ1) is 9.15. The molecule has 0 aliphatic rings. The Labute approximate surface area is 115 Å². The molecule has 1 unspecified atom stereocenters. The van der Waals surface area contributed by atoms with Crippen molar-refractivity contribution in [1.82, 2.24) is 0 Å². The molecule has 0 saturated carbocycles. The van der Waals surface area contributed by atoms with Crippen LogP contribution in [0.3, 0.4) is 0 Å². The van der Waals surface area contributed by atoms with Crippen molar-refractivity contribution in [3.05, 3.63) is 65.2 Å². The Kier molecular flexibility index (Phi) is 4.58. The summed E-state index contributed by atoms with van der Waals surface area (Å²) in [7, 11) is 0. The molecule has 0 aliphatic heterocycles. The van der Waals surface area contributed by atoms with E-state index in [9.17, 15) is 5.11 Å². The molecular formula is C17H21NO. The second-order valence-electron chi connectivity index (χ2n) is 5.02. The maximum Gasteiger partial charge on any atom is 0.0806 e. The van der Waals surface area contributed by atoms with Crippen molar-refractivity contribution in [1.29, 1.82) is 0 Å². The maximum atomic E-state index is 10.1. The fourth-order valence-corrected chi connectivity index (χ4v) is 2.27. The second-order valence-corrected chi connectivity index (χ2v) is 5.02. The Morgan fingerprint density at radius 3 is 2.26 bits per heavy atom. The summed E-state index contributed by atoms with van der Waals surface area (Å²) in [5.74, 6) is 0. The normalized spacial score (nSPS) is 12.2. The van der Waals surface area contributed by atoms with Crippen molar-refractivity contribution < 1.29 is 5.11 Å². The van der Waals surface area contributed by atoms with Crippen molar-refractivity contribution in [2.45, 2.75) is 26.4 Å². The summed E-state index contributed by atoms with van der Waals surface area (Å²) >= 11 is 0. The van der Waals surface area contributed by atoms with E-state index in [4.69, 9.17) is 0 Å². The highest BCUT2D eigenvalue weighted by Crippen LogP contribution is 2.17. The number of hydrogen-bond donors (Lipinski definition) is 2. The van der Waals surface area contributed by atoms with Gasteiger partial charge in [0.25, 0.3) is 0 Å². The summed E-state index contributed by atoms with van der Waals surface area (Å²) in [5.41, 5.74) is 4.61. The number of aliphatic hydroxyl groups is 1. The zero-order valence-corrected chi connectivity index (χ0v) is 11.6. The predicted octanol–water partition coefficient (Wildman–Crippen LogP) is 3.84. The highest BCUT2D eigenvalue weighted by Gasteiger charge is 2.06. The van der Waals surface area contributed by atoms with Crippen molar-refractivity contribution in [2.24, 2.45) is 0 Å². The zero-order chi connectivity index (χ0) is 13.7. The van der Waals surface area contributed by atoms with E-state index in [1.807, 2.05) is 30.3 Å². The number of aliphatic hydroxyl groups excluding tert-OH is 1. The standard InChI is InChI=1S/C17H21NO/c1-13-10-14(2)12-16(11-13)18-9-8-17(19)15-6-4-3-5-7-15/h3-7,10-12,17-19H,8-9H2,1-2H3. The topological polar surface area (TPSA) is 32.3 Å². The van der Waals surface area contributed by atoms with E-state index in [1.54, 1.807) is 0 Å². The summed E-state index contributed by atoms with van der Waals surface area (Å²) in [6.45, 7) is 4.95. The van der Waals surface area contributed by atoms with Crippen LogP contribution in [0.1, 0.15) is 29.2 Å².